The number of amides is 4. The zero-order valence-electron chi connectivity index (χ0n) is 83.9. The van der Waals surface area contributed by atoms with Crippen LogP contribution in [0.5, 0.6) is 23.5 Å². The Hall–Kier alpha value is -16.7. The first-order valence-electron chi connectivity index (χ1n) is 45.9. The van der Waals surface area contributed by atoms with Gasteiger partial charge in [0.2, 0.25) is 47.1 Å². The number of halogens is 1. The van der Waals surface area contributed by atoms with Crippen molar-refractivity contribution in [2.45, 2.75) is 101 Å². The maximum Gasteiger partial charge on any atom is 0.262 e. The number of nitrogens with two attached hydrogens (primary N) is 1. The van der Waals surface area contributed by atoms with Crippen LogP contribution >= 0.6 is 10.7 Å². The van der Waals surface area contributed by atoms with E-state index in [0.717, 1.165) is 33.4 Å². The summed E-state index contributed by atoms with van der Waals surface area (Å²) >= 11 is 0. The van der Waals surface area contributed by atoms with Gasteiger partial charge in [0.15, 0.2) is 0 Å². The minimum Gasteiger partial charge on any atom is -0.480 e. The number of benzene rings is 8. The van der Waals surface area contributed by atoms with E-state index in [0.29, 0.717) is 88.6 Å². The Bertz CT molecular complexity index is 7970. The number of rotatable bonds is 30. The molecule has 0 bridgehead atoms. The molecule has 0 aliphatic heterocycles. The van der Waals surface area contributed by atoms with Crippen molar-refractivity contribution in [2.24, 2.45) is 23.7 Å². The highest BCUT2D eigenvalue weighted by Crippen LogP contribution is 2.37. The highest BCUT2D eigenvalue weighted by Gasteiger charge is 2.27. The minimum atomic E-state index is -3.90. The van der Waals surface area contributed by atoms with Crippen LogP contribution in [-0.2, 0) is 84.5 Å². The number of carbonyl (C=O) groups is 4. The summed E-state index contributed by atoms with van der Waals surface area (Å²) in [4.78, 5) is 135. The molecule has 776 valence electrons. The Morgan fingerprint density at radius 2 is 0.544 bits per heavy atom. The summed E-state index contributed by atoms with van der Waals surface area (Å²) in [5, 5.41) is 11.9. The SMILES string of the molecule is CNC(=O)C(C)Cn1cnc2ccc(-c3cnc(OC)c(N)c3)cc2c1=O.CNC(=O)C(C)Cn1cnc2ccc(-c3cnc(OC)c(NS(=O)(=O)c4cccc(C)c4)c3)cc2c1=O.CNC(=O)[C@@H](C)Cn1cnc2ccc(-c3cnc(OC)c(NS(=O)(=O)c4cccc(C)c4)c3)cc2c1=O.CNC(=O)[C@H](C)Cn1cnc2ccc(-c3cnc(OC)c(NS(=O)(=O)c4cccc(C)c4)c3)cc2c1=O.Cc1cccc(S(=O)(=O)Cl)c1. The number of nitrogens with zero attached hydrogens (tertiary/aromatic N) is 12. The average Bonchev–Trinajstić information content (AvgIpc) is 0.778. The topological polar surface area (TPSA) is 543 Å². The third-order valence-electron chi connectivity index (χ3n) is 23.4. The van der Waals surface area contributed by atoms with Gasteiger partial charge in [0.25, 0.3) is 61.4 Å². The number of nitrogens with one attached hydrogen (secondary N) is 7. The Morgan fingerprint density at radius 3 is 0.758 bits per heavy atom. The van der Waals surface area contributed by atoms with Gasteiger partial charge in [-0.1, -0.05) is 100 Å². The smallest absolute Gasteiger partial charge is 0.262 e. The maximum atomic E-state index is 13.2. The van der Waals surface area contributed by atoms with Crippen molar-refractivity contribution in [1.82, 2.24) is 79.4 Å². The summed E-state index contributed by atoms with van der Waals surface area (Å²) in [6, 6.07) is 53.5. The average molecular weight is 2120 g/mol. The second-order valence-electron chi connectivity index (χ2n) is 34.5. The molecule has 4 amide bonds. The normalized spacial score (nSPS) is 12.1. The molecule has 2 unspecified atom stereocenters. The fourth-order valence-corrected chi connectivity index (χ4v) is 19.7. The van der Waals surface area contributed by atoms with E-state index in [-0.39, 0.29) is 132 Å². The van der Waals surface area contributed by atoms with Gasteiger partial charge in [0.05, 0.1) is 146 Å². The minimum absolute atomic E-state index is 0.105. The molecule has 0 aliphatic rings. The van der Waals surface area contributed by atoms with Crippen LogP contribution in [0, 0.1) is 51.4 Å². The number of aromatic nitrogens is 12. The van der Waals surface area contributed by atoms with Crippen LogP contribution in [-0.4, -0.2) is 172 Å². The van der Waals surface area contributed by atoms with Gasteiger partial charge in [-0.25, -0.2) is 73.5 Å². The third kappa shape index (κ3) is 27.5. The van der Waals surface area contributed by atoms with E-state index in [2.05, 4.69) is 75.3 Å². The molecule has 0 saturated carbocycles. The summed E-state index contributed by atoms with van der Waals surface area (Å²) in [6.45, 7) is 15.0. The molecule has 0 fully saturated rings. The van der Waals surface area contributed by atoms with Crippen LogP contribution in [0.15, 0.2) is 283 Å². The van der Waals surface area contributed by atoms with Crippen molar-refractivity contribution in [1.29, 1.82) is 0 Å². The summed E-state index contributed by atoms with van der Waals surface area (Å²) in [5.41, 5.74) is 16.3. The van der Waals surface area contributed by atoms with Crippen LogP contribution in [0.4, 0.5) is 22.7 Å². The van der Waals surface area contributed by atoms with Crippen molar-refractivity contribution < 1.29 is 71.8 Å². The Morgan fingerprint density at radius 1 is 0.315 bits per heavy atom. The van der Waals surface area contributed by atoms with E-state index in [1.165, 1.54) is 121 Å². The maximum absolute atomic E-state index is 13.2. The second kappa shape index (κ2) is 48.5. The van der Waals surface area contributed by atoms with E-state index in [1.807, 2.05) is 58.0 Å². The monoisotopic (exact) mass is 2120 g/mol. The van der Waals surface area contributed by atoms with Crippen LogP contribution in [0.3, 0.4) is 0 Å². The lowest BCUT2D eigenvalue weighted by Gasteiger charge is -2.14. The molecule has 40 nitrogen and oxygen atoms in total. The van der Waals surface area contributed by atoms with Crippen molar-refractivity contribution in [3.63, 3.8) is 0 Å². The number of fused-ring (bicyclic) bond motifs is 4. The van der Waals surface area contributed by atoms with E-state index in [9.17, 15) is 72.0 Å². The molecule has 0 spiro atoms. The predicted octanol–water partition coefficient (Wildman–Crippen LogP) is 12.2. The molecular formula is C104H109ClN20O20S4. The van der Waals surface area contributed by atoms with Gasteiger partial charge in [-0.15, -0.1) is 0 Å². The largest absolute Gasteiger partial charge is 0.480 e. The molecule has 0 saturated heterocycles. The van der Waals surface area contributed by atoms with E-state index in [4.69, 9.17) is 35.4 Å². The number of hydrogen-bond acceptors (Lipinski definition) is 29. The fraction of sp³-hybridized carbons (Fsp3) is 0.231. The quantitative estimate of drug-likeness (QED) is 0.0194. The summed E-state index contributed by atoms with van der Waals surface area (Å²) < 4.78 is 134. The molecular weight excluding hydrogens is 2010 g/mol. The Kier molecular flexibility index (Phi) is 36.2. The third-order valence-corrected chi connectivity index (χ3v) is 28.8. The summed E-state index contributed by atoms with van der Waals surface area (Å²) in [5.74, 6) is -1.58. The van der Waals surface area contributed by atoms with Gasteiger partial charge >= 0.3 is 0 Å². The number of pyridine rings is 4. The number of methoxy groups -OCH3 is 4. The van der Waals surface area contributed by atoms with Crippen molar-refractivity contribution in [3.8, 4) is 68.0 Å². The molecule has 8 heterocycles. The lowest BCUT2D eigenvalue weighted by molar-refractivity contribution is -0.125. The lowest BCUT2D eigenvalue weighted by atomic mass is 10.0. The van der Waals surface area contributed by atoms with E-state index >= 15 is 0 Å². The number of anilines is 4. The molecule has 45 heteroatoms. The van der Waals surface area contributed by atoms with Crippen LogP contribution in [0.1, 0.15) is 49.9 Å². The van der Waals surface area contributed by atoms with Crippen LogP contribution in [0.25, 0.3) is 88.1 Å². The lowest BCUT2D eigenvalue weighted by Crippen LogP contribution is -2.32. The molecule has 16 rings (SSSR count). The number of sulfonamides is 3. The van der Waals surface area contributed by atoms with Crippen molar-refractivity contribution in [3.05, 3.63) is 308 Å². The molecule has 0 aliphatic carbocycles. The number of aryl methyl sites for hydroxylation is 4. The Labute approximate surface area is 862 Å². The molecule has 4 atom stereocenters. The van der Waals surface area contributed by atoms with Gasteiger partial charge in [0, 0.05) is 112 Å². The van der Waals surface area contributed by atoms with Gasteiger partial charge in [-0.05, 0) is 194 Å². The zero-order chi connectivity index (χ0) is 108. The molecule has 16 aromatic rings. The second-order valence-corrected chi connectivity index (χ2v) is 42.1. The molecule has 8 aromatic carbocycles. The highest BCUT2D eigenvalue weighted by atomic mass is 35.7. The van der Waals surface area contributed by atoms with E-state index in [1.54, 1.807) is 196 Å². The predicted molar refractivity (Wildman–Crippen MR) is 571 cm³/mol. The molecule has 0 radical (unpaired) electrons. The number of ether oxygens (including phenoxy) is 4. The zero-order valence-corrected chi connectivity index (χ0v) is 87.9. The van der Waals surface area contributed by atoms with Crippen molar-refractivity contribution >= 4 is 140 Å². The van der Waals surface area contributed by atoms with E-state index < -0.39 is 56.9 Å². The van der Waals surface area contributed by atoms with Gasteiger partial charge < -0.3 is 45.9 Å². The standard InChI is InChI=1S/3C26H27N5O5S.C19H21N5O3.C7H7ClO2S/c3*1-16-6-5-7-20(10-16)37(34,35)30-23-12-19(13-28-25(23)36-4)18-8-9-22-21(11-18)26(33)31(15-29-22)14-17(2)24(32)27-3;1-11(17(25)21-2)9-24-10-23-16-5-4-12(6-14(16)19(24)26)13-7-15(20)18(27-3)22-8-13;1-6-3-2-4-7(5-6)11(8,9)10/h3*5-13,15,17,30H,14H2,1-4H3,(H,27,32);4-8,10-11H,9,20H2,1-3H3,(H,21,25);2-5H,1H3/t2*17-;;;/m10.../s1. The Balaban J connectivity index is 0.000000171. The van der Waals surface area contributed by atoms with Crippen molar-refractivity contribution in [2.75, 3.05) is 76.5 Å². The number of hydrogen-bond donors (Lipinski definition) is 8. The first-order valence-corrected chi connectivity index (χ1v) is 52.6. The summed E-state index contributed by atoms with van der Waals surface area (Å²) in [7, 11) is 1.76. The fourth-order valence-electron chi connectivity index (χ4n) is 15.4. The molecule has 9 N–H and O–H groups in total. The van der Waals surface area contributed by atoms with Gasteiger partial charge in [-0.2, -0.15) is 0 Å². The first kappa shape index (κ1) is 111. The summed E-state index contributed by atoms with van der Waals surface area (Å²) in [6.07, 6.45) is 12.0. The van der Waals surface area contributed by atoms with Gasteiger partial charge in [0.1, 0.15) is 17.1 Å². The number of nitrogen functional groups attached to an aromatic ring is 1. The highest BCUT2D eigenvalue weighted by molar-refractivity contribution is 8.13. The molecule has 8 aromatic heterocycles. The van der Waals surface area contributed by atoms with Crippen LogP contribution < -0.4 is 82.4 Å². The molecule has 149 heavy (non-hydrogen) atoms. The number of carbonyl (C=O) groups excluding carboxylic acids is 4. The van der Waals surface area contributed by atoms with Crippen LogP contribution in [0.2, 0.25) is 0 Å². The van der Waals surface area contributed by atoms with Gasteiger partial charge in [-0.3, -0.25) is 70.8 Å². The first-order chi connectivity index (χ1) is 70.8.